The highest BCUT2D eigenvalue weighted by atomic mass is 16.5. The molecule has 0 aromatic carbocycles. The Bertz CT molecular complexity index is 700. The van der Waals surface area contributed by atoms with Crippen LogP contribution >= 0.6 is 0 Å². The summed E-state index contributed by atoms with van der Waals surface area (Å²) in [5, 5.41) is 7.56. The van der Waals surface area contributed by atoms with Crippen LogP contribution in [0.1, 0.15) is 48.4 Å². The van der Waals surface area contributed by atoms with Gasteiger partial charge in [-0.1, -0.05) is 6.07 Å². The van der Waals surface area contributed by atoms with Gasteiger partial charge in [-0.3, -0.25) is 10.00 Å². The summed E-state index contributed by atoms with van der Waals surface area (Å²) in [6.45, 7) is 1.61. The van der Waals surface area contributed by atoms with Crippen molar-refractivity contribution in [3.8, 4) is 5.88 Å². The zero-order valence-corrected chi connectivity index (χ0v) is 14.1. The number of ether oxygens (including phenoxy) is 2. The third-order valence-electron chi connectivity index (χ3n) is 4.89. The first kappa shape index (κ1) is 15.5. The molecule has 2 atom stereocenters. The molecule has 4 rings (SSSR count). The van der Waals surface area contributed by atoms with Crippen LogP contribution in [0.15, 0.2) is 18.3 Å². The lowest BCUT2D eigenvalue weighted by Gasteiger charge is -2.22. The van der Waals surface area contributed by atoms with Gasteiger partial charge in [0, 0.05) is 37.9 Å². The van der Waals surface area contributed by atoms with E-state index >= 15 is 0 Å². The van der Waals surface area contributed by atoms with E-state index in [1.54, 1.807) is 20.4 Å². The van der Waals surface area contributed by atoms with Crippen LogP contribution in [-0.2, 0) is 11.3 Å². The normalized spacial score (nSPS) is 24.4. The van der Waals surface area contributed by atoms with Gasteiger partial charge >= 0.3 is 0 Å². The minimum absolute atomic E-state index is 0.180. The fourth-order valence-electron chi connectivity index (χ4n) is 3.40. The molecule has 0 bridgehead atoms. The van der Waals surface area contributed by atoms with E-state index in [1.807, 2.05) is 6.07 Å². The fourth-order valence-corrected chi connectivity index (χ4v) is 3.40. The molecule has 2 aromatic rings. The SMILES string of the molecule is COc1ncccc1CN1C[C@H](OC)C[C@H]1c1nc(C2CC2)n[nH]1. The van der Waals surface area contributed by atoms with Gasteiger partial charge in [0.2, 0.25) is 5.88 Å². The average Bonchev–Trinajstić information content (AvgIpc) is 3.20. The van der Waals surface area contributed by atoms with Crippen LogP contribution in [0.3, 0.4) is 0 Å². The van der Waals surface area contributed by atoms with E-state index in [4.69, 9.17) is 14.5 Å². The highest BCUT2D eigenvalue weighted by Crippen LogP contribution is 2.39. The van der Waals surface area contributed by atoms with E-state index in [2.05, 4.69) is 26.1 Å². The molecular weight excluding hydrogens is 306 g/mol. The van der Waals surface area contributed by atoms with Crippen molar-refractivity contribution in [2.45, 2.75) is 43.9 Å². The second-order valence-electron chi connectivity index (χ2n) is 6.56. The molecule has 1 saturated heterocycles. The molecule has 0 radical (unpaired) electrons. The minimum Gasteiger partial charge on any atom is -0.481 e. The third-order valence-corrected chi connectivity index (χ3v) is 4.89. The lowest BCUT2D eigenvalue weighted by molar-refractivity contribution is 0.107. The maximum Gasteiger partial charge on any atom is 0.217 e. The topological polar surface area (TPSA) is 76.2 Å². The van der Waals surface area contributed by atoms with E-state index in [1.165, 1.54) is 12.8 Å². The standard InChI is InChI=1S/C17H23N5O2/c1-23-13-8-14(16-19-15(20-21-16)11-5-6-11)22(10-13)9-12-4-3-7-18-17(12)24-2/h3-4,7,11,13-14H,5-6,8-10H2,1-2H3,(H,19,20,21)/t13-,14+/m1/s1. The number of likely N-dealkylation sites (tertiary alicyclic amines) is 1. The van der Waals surface area contributed by atoms with Crippen molar-refractivity contribution in [3.63, 3.8) is 0 Å². The Hall–Kier alpha value is -1.99. The maximum atomic E-state index is 5.60. The second kappa shape index (κ2) is 6.49. The molecule has 1 aliphatic heterocycles. The number of aromatic nitrogens is 4. The van der Waals surface area contributed by atoms with E-state index in [0.29, 0.717) is 11.8 Å². The molecule has 3 heterocycles. The summed E-state index contributed by atoms with van der Waals surface area (Å²) in [6.07, 6.45) is 5.28. The highest BCUT2D eigenvalue weighted by Gasteiger charge is 2.37. The van der Waals surface area contributed by atoms with Crippen molar-refractivity contribution in [1.82, 2.24) is 25.1 Å². The molecule has 2 aliphatic rings. The number of aromatic amines is 1. The molecule has 7 heteroatoms. The Morgan fingerprint density at radius 3 is 2.96 bits per heavy atom. The fraction of sp³-hybridized carbons (Fsp3) is 0.588. The van der Waals surface area contributed by atoms with Crippen molar-refractivity contribution >= 4 is 0 Å². The van der Waals surface area contributed by atoms with Gasteiger partial charge < -0.3 is 9.47 Å². The predicted molar refractivity (Wildman–Crippen MR) is 87.7 cm³/mol. The van der Waals surface area contributed by atoms with Crippen molar-refractivity contribution < 1.29 is 9.47 Å². The molecule has 1 aliphatic carbocycles. The smallest absolute Gasteiger partial charge is 0.217 e. The minimum atomic E-state index is 0.180. The van der Waals surface area contributed by atoms with Gasteiger partial charge in [-0.2, -0.15) is 5.10 Å². The Labute approximate surface area is 141 Å². The molecule has 1 saturated carbocycles. The molecule has 2 fully saturated rings. The molecule has 0 unspecified atom stereocenters. The summed E-state index contributed by atoms with van der Waals surface area (Å²) in [6, 6.07) is 4.18. The zero-order valence-electron chi connectivity index (χ0n) is 14.1. The highest BCUT2D eigenvalue weighted by molar-refractivity contribution is 5.25. The van der Waals surface area contributed by atoms with Crippen LogP contribution in [-0.4, -0.2) is 51.9 Å². The zero-order chi connectivity index (χ0) is 16.5. The maximum absolute atomic E-state index is 5.60. The van der Waals surface area contributed by atoms with Crippen molar-refractivity contribution in [1.29, 1.82) is 0 Å². The monoisotopic (exact) mass is 329 g/mol. The third kappa shape index (κ3) is 3.01. The number of nitrogens with one attached hydrogen (secondary N) is 1. The Morgan fingerprint density at radius 1 is 1.33 bits per heavy atom. The number of methoxy groups -OCH3 is 2. The second-order valence-corrected chi connectivity index (χ2v) is 6.56. The van der Waals surface area contributed by atoms with Gasteiger partial charge in [-0.25, -0.2) is 9.97 Å². The van der Waals surface area contributed by atoms with E-state index in [9.17, 15) is 0 Å². The number of H-pyrrole nitrogens is 1. The first-order valence-electron chi connectivity index (χ1n) is 8.45. The first-order valence-corrected chi connectivity index (χ1v) is 8.45. The Morgan fingerprint density at radius 2 is 2.21 bits per heavy atom. The van der Waals surface area contributed by atoms with E-state index in [0.717, 1.165) is 36.7 Å². The van der Waals surface area contributed by atoms with Crippen LogP contribution < -0.4 is 4.74 Å². The molecule has 24 heavy (non-hydrogen) atoms. The number of pyridine rings is 1. The van der Waals surface area contributed by atoms with Crippen LogP contribution in [0, 0.1) is 0 Å². The van der Waals surface area contributed by atoms with Crippen LogP contribution in [0.25, 0.3) is 0 Å². The van der Waals surface area contributed by atoms with Gasteiger partial charge in [0.25, 0.3) is 0 Å². The van der Waals surface area contributed by atoms with Crippen LogP contribution in [0.5, 0.6) is 5.88 Å². The number of rotatable bonds is 6. The van der Waals surface area contributed by atoms with Crippen molar-refractivity contribution in [2.24, 2.45) is 0 Å². The summed E-state index contributed by atoms with van der Waals surface area (Å²) < 4.78 is 11.0. The molecular formula is C17H23N5O2. The Balaban J connectivity index is 1.56. The van der Waals surface area contributed by atoms with Gasteiger partial charge in [0.15, 0.2) is 5.82 Å². The largest absolute Gasteiger partial charge is 0.481 e. The average molecular weight is 329 g/mol. The quantitative estimate of drug-likeness (QED) is 0.874. The predicted octanol–water partition coefficient (Wildman–Crippen LogP) is 2.05. The molecule has 2 aromatic heterocycles. The molecule has 0 amide bonds. The van der Waals surface area contributed by atoms with E-state index in [-0.39, 0.29) is 12.1 Å². The first-order chi connectivity index (χ1) is 11.8. The molecule has 1 N–H and O–H groups in total. The van der Waals surface area contributed by atoms with Gasteiger partial charge in [-0.05, 0) is 25.3 Å². The lowest BCUT2D eigenvalue weighted by Crippen LogP contribution is -2.25. The number of hydrogen-bond acceptors (Lipinski definition) is 6. The van der Waals surface area contributed by atoms with Crippen molar-refractivity contribution in [3.05, 3.63) is 35.5 Å². The van der Waals surface area contributed by atoms with Crippen LogP contribution in [0.2, 0.25) is 0 Å². The summed E-state index contributed by atoms with van der Waals surface area (Å²) in [7, 11) is 3.43. The summed E-state index contributed by atoms with van der Waals surface area (Å²) in [5.41, 5.74) is 1.07. The van der Waals surface area contributed by atoms with Gasteiger partial charge in [0.05, 0.1) is 19.3 Å². The van der Waals surface area contributed by atoms with Crippen molar-refractivity contribution in [2.75, 3.05) is 20.8 Å². The summed E-state index contributed by atoms with van der Waals surface area (Å²) in [4.78, 5) is 11.4. The van der Waals surface area contributed by atoms with Gasteiger partial charge in [-0.15, -0.1) is 0 Å². The number of nitrogens with zero attached hydrogens (tertiary/aromatic N) is 4. The molecule has 7 nitrogen and oxygen atoms in total. The summed E-state index contributed by atoms with van der Waals surface area (Å²) in [5.74, 6) is 3.14. The van der Waals surface area contributed by atoms with Crippen LogP contribution in [0.4, 0.5) is 0 Å². The van der Waals surface area contributed by atoms with E-state index < -0.39 is 0 Å². The summed E-state index contributed by atoms with van der Waals surface area (Å²) >= 11 is 0. The molecule has 0 spiro atoms. The Kier molecular flexibility index (Phi) is 4.20. The lowest BCUT2D eigenvalue weighted by atomic mass is 10.1. The molecule has 128 valence electrons. The number of hydrogen-bond donors (Lipinski definition) is 1. The van der Waals surface area contributed by atoms with Gasteiger partial charge in [0.1, 0.15) is 5.82 Å².